The fourth-order valence-electron chi connectivity index (χ4n) is 2.39. The Morgan fingerprint density at radius 1 is 0.882 bits per heavy atom. The molecule has 0 unspecified atom stereocenters. The zero-order chi connectivity index (χ0) is 13.6. The summed E-state index contributed by atoms with van der Waals surface area (Å²) in [4.78, 5) is 0. The normalized spacial score (nSPS) is 13.0. The maximum absolute atomic E-state index is 2.80. The van der Waals surface area contributed by atoms with Crippen molar-refractivity contribution in [1.29, 1.82) is 0 Å². The van der Waals surface area contributed by atoms with Gasteiger partial charge in [0.25, 0.3) is 0 Å². The van der Waals surface area contributed by atoms with E-state index in [0.717, 1.165) is 0 Å². The predicted octanol–water partition coefficient (Wildman–Crippen LogP) is 3.42. The van der Waals surface area contributed by atoms with E-state index in [1.807, 2.05) is 0 Å². The molecule has 0 spiro atoms. The van der Waals surface area contributed by atoms with Gasteiger partial charge in [-0.3, -0.25) is 0 Å². The Balaban J connectivity index is 3.67. The summed E-state index contributed by atoms with van der Waals surface area (Å²) >= 11 is 2.80. The van der Waals surface area contributed by atoms with Gasteiger partial charge in [-0.15, -0.1) is 0 Å². The van der Waals surface area contributed by atoms with Gasteiger partial charge < -0.3 is 0 Å². The van der Waals surface area contributed by atoms with Crippen LogP contribution in [0.5, 0.6) is 0 Å². The van der Waals surface area contributed by atoms with Gasteiger partial charge in [-0.1, -0.05) is 0 Å². The SMILES string of the molecule is Cc1cc(C(C)(C)C)c([SeH])c(C(C)(C)C)c1C. The standard InChI is InChI=1S/C16H26Se/c1-10-9-12(15(3,4)5)14(17)13(11(10)2)16(6,7)8/h9,17H,1-8H3. The summed E-state index contributed by atoms with van der Waals surface area (Å²) in [5, 5.41) is 0. The number of hydrogen-bond donors (Lipinski definition) is 0. The Hall–Kier alpha value is -0.261. The second kappa shape index (κ2) is 4.44. The summed E-state index contributed by atoms with van der Waals surface area (Å²) < 4.78 is 1.42. The Kier molecular flexibility index (Phi) is 3.87. The molecule has 1 aromatic rings. The third-order valence-electron chi connectivity index (χ3n) is 3.38. The first-order valence-electron chi connectivity index (χ1n) is 6.30. The minimum atomic E-state index is 0.207. The van der Waals surface area contributed by atoms with E-state index in [4.69, 9.17) is 0 Å². The van der Waals surface area contributed by atoms with Crippen LogP contribution < -0.4 is 4.46 Å². The van der Waals surface area contributed by atoms with Gasteiger partial charge in [0.15, 0.2) is 0 Å². The topological polar surface area (TPSA) is 0 Å². The molecule has 0 bridgehead atoms. The molecule has 0 radical (unpaired) electrons. The van der Waals surface area contributed by atoms with E-state index in [2.05, 4.69) is 77.5 Å². The van der Waals surface area contributed by atoms with Crippen LogP contribution in [-0.4, -0.2) is 16.0 Å². The summed E-state index contributed by atoms with van der Waals surface area (Å²) in [6.07, 6.45) is 0. The van der Waals surface area contributed by atoms with Crippen LogP contribution in [0.4, 0.5) is 0 Å². The van der Waals surface area contributed by atoms with Crippen LogP contribution in [0.2, 0.25) is 0 Å². The van der Waals surface area contributed by atoms with Crippen molar-refractivity contribution in [2.24, 2.45) is 0 Å². The minimum absolute atomic E-state index is 0.207. The third-order valence-corrected chi connectivity index (χ3v) is 4.35. The van der Waals surface area contributed by atoms with Gasteiger partial charge in [-0.05, 0) is 0 Å². The van der Waals surface area contributed by atoms with E-state index >= 15 is 0 Å². The molecule has 1 rings (SSSR count). The van der Waals surface area contributed by atoms with E-state index in [-0.39, 0.29) is 10.8 Å². The second-order valence-corrected chi connectivity index (χ2v) is 8.03. The molecule has 0 nitrogen and oxygen atoms in total. The van der Waals surface area contributed by atoms with Crippen LogP contribution in [-0.2, 0) is 10.8 Å². The van der Waals surface area contributed by atoms with Crippen molar-refractivity contribution in [3.63, 3.8) is 0 Å². The van der Waals surface area contributed by atoms with Crippen LogP contribution in [0.3, 0.4) is 0 Å². The monoisotopic (exact) mass is 298 g/mol. The number of benzene rings is 1. The van der Waals surface area contributed by atoms with Gasteiger partial charge in [0.2, 0.25) is 0 Å². The molecule has 0 fully saturated rings. The predicted molar refractivity (Wildman–Crippen MR) is 80.1 cm³/mol. The molecule has 0 atom stereocenters. The van der Waals surface area contributed by atoms with Crippen molar-refractivity contribution in [1.82, 2.24) is 0 Å². The van der Waals surface area contributed by atoms with Gasteiger partial charge in [0.05, 0.1) is 0 Å². The number of rotatable bonds is 0. The van der Waals surface area contributed by atoms with Crippen LogP contribution in [0.15, 0.2) is 6.07 Å². The summed E-state index contributed by atoms with van der Waals surface area (Å²) in [5.41, 5.74) is 6.24. The molecule has 0 saturated carbocycles. The van der Waals surface area contributed by atoms with Crippen LogP contribution >= 0.6 is 0 Å². The summed E-state index contributed by atoms with van der Waals surface area (Å²) in [6.45, 7) is 18.3. The molecule has 0 amide bonds. The maximum atomic E-state index is 2.80. The van der Waals surface area contributed by atoms with E-state index in [1.54, 1.807) is 0 Å². The molecule has 0 aliphatic carbocycles. The van der Waals surface area contributed by atoms with E-state index in [9.17, 15) is 0 Å². The molecular formula is C16H26Se. The van der Waals surface area contributed by atoms with Crippen molar-refractivity contribution in [3.8, 4) is 0 Å². The Morgan fingerprint density at radius 3 is 1.71 bits per heavy atom. The molecule has 0 N–H and O–H groups in total. The van der Waals surface area contributed by atoms with Crippen molar-refractivity contribution < 1.29 is 0 Å². The van der Waals surface area contributed by atoms with E-state index in [0.29, 0.717) is 0 Å². The third kappa shape index (κ3) is 2.95. The quantitative estimate of drug-likeness (QED) is 0.644. The average Bonchev–Trinajstić information content (AvgIpc) is 2.07. The molecule has 0 heterocycles. The molecule has 0 aliphatic rings. The molecular weight excluding hydrogens is 271 g/mol. The van der Waals surface area contributed by atoms with Gasteiger partial charge in [-0.25, -0.2) is 0 Å². The summed E-state index contributed by atoms with van der Waals surface area (Å²) in [6, 6.07) is 2.36. The fraction of sp³-hybridized carbons (Fsp3) is 0.625. The first kappa shape index (κ1) is 14.8. The average molecular weight is 297 g/mol. The summed E-state index contributed by atoms with van der Waals surface area (Å²) in [5.74, 6) is 0. The molecule has 1 heteroatoms. The van der Waals surface area contributed by atoms with Crippen molar-refractivity contribution in [3.05, 3.63) is 28.3 Å². The van der Waals surface area contributed by atoms with Gasteiger partial charge >= 0.3 is 115 Å². The first-order valence-corrected chi connectivity index (χ1v) is 7.24. The van der Waals surface area contributed by atoms with Gasteiger partial charge in [0, 0.05) is 0 Å². The zero-order valence-corrected chi connectivity index (χ0v) is 14.4. The molecule has 0 saturated heterocycles. The van der Waals surface area contributed by atoms with Crippen molar-refractivity contribution in [2.45, 2.75) is 66.2 Å². The van der Waals surface area contributed by atoms with Gasteiger partial charge in [0.1, 0.15) is 0 Å². The first-order chi connectivity index (χ1) is 7.46. The van der Waals surface area contributed by atoms with Crippen molar-refractivity contribution >= 4 is 20.5 Å². The zero-order valence-electron chi connectivity index (χ0n) is 12.5. The molecule has 96 valence electrons. The molecule has 17 heavy (non-hydrogen) atoms. The van der Waals surface area contributed by atoms with E-state index < -0.39 is 0 Å². The molecule has 1 aromatic carbocycles. The number of hydrogen-bond acceptors (Lipinski definition) is 0. The fourth-order valence-corrected chi connectivity index (χ4v) is 4.29. The Labute approximate surface area is 115 Å². The number of aryl methyl sites for hydroxylation is 1. The van der Waals surface area contributed by atoms with Crippen molar-refractivity contribution in [2.75, 3.05) is 0 Å². The van der Waals surface area contributed by atoms with Crippen LogP contribution in [0.1, 0.15) is 63.8 Å². The van der Waals surface area contributed by atoms with Gasteiger partial charge in [-0.2, -0.15) is 0 Å². The van der Waals surface area contributed by atoms with E-state index in [1.165, 1.54) is 26.7 Å². The molecule has 0 aromatic heterocycles. The van der Waals surface area contributed by atoms with Crippen LogP contribution in [0.25, 0.3) is 0 Å². The second-order valence-electron chi connectivity index (χ2n) is 7.09. The Bertz CT molecular complexity index is 428. The molecule has 0 aliphatic heterocycles. The summed E-state index contributed by atoms with van der Waals surface area (Å²) in [7, 11) is 0. The van der Waals surface area contributed by atoms with Crippen LogP contribution in [0, 0.1) is 13.8 Å². The Morgan fingerprint density at radius 2 is 1.35 bits per heavy atom.